The third-order valence-corrected chi connectivity index (χ3v) is 11.1. The number of carbonyl (C=O) groups excluding carboxylic acids is 1. The normalized spacial score (nSPS) is 33.8. The number of hydrogen-bond donors (Lipinski definition) is 6. The van der Waals surface area contributed by atoms with Crippen LogP contribution in [-0.4, -0.2) is 63.8 Å². The summed E-state index contributed by atoms with van der Waals surface area (Å²) in [6.45, 7) is 10.2. The average molecular weight is 673 g/mol. The number of benzene rings is 1. The van der Waals surface area contributed by atoms with Crippen LogP contribution in [-0.2, 0) is 16.0 Å². The van der Waals surface area contributed by atoms with E-state index in [0.29, 0.717) is 62.5 Å². The third-order valence-electron chi connectivity index (χ3n) is 11.1. The van der Waals surface area contributed by atoms with E-state index in [1.54, 1.807) is 6.08 Å². The van der Waals surface area contributed by atoms with Gasteiger partial charge in [-0.2, -0.15) is 0 Å². The molecule has 0 bridgehead atoms. The molecule has 1 spiro atoms. The Labute approximate surface area is 292 Å². The molecule has 1 aromatic carbocycles. The lowest BCUT2D eigenvalue weighted by Gasteiger charge is -2.55. The molecule has 8 heteroatoms. The van der Waals surface area contributed by atoms with Gasteiger partial charge in [0.05, 0.1) is 30.6 Å². The smallest absolute Gasteiger partial charge is 0.162 e. The molecule has 8 N–H and O–H groups in total. The molecule has 2 saturated carbocycles. The van der Waals surface area contributed by atoms with Gasteiger partial charge in [-0.1, -0.05) is 78.1 Å². The van der Waals surface area contributed by atoms with Crippen LogP contribution in [0.5, 0.6) is 0 Å². The molecule has 266 valence electrons. The van der Waals surface area contributed by atoms with Gasteiger partial charge in [0.25, 0.3) is 0 Å². The van der Waals surface area contributed by atoms with Crippen LogP contribution in [0.25, 0.3) is 0 Å². The Bertz CT molecular complexity index is 1540. The van der Waals surface area contributed by atoms with Crippen molar-refractivity contribution in [2.75, 3.05) is 19.8 Å². The summed E-state index contributed by atoms with van der Waals surface area (Å²) in [6, 6.07) is 7.44. The van der Waals surface area contributed by atoms with E-state index < -0.39 is 29.4 Å². The lowest BCUT2D eigenvalue weighted by atomic mass is 9.52. The van der Waals surface area contributed by atoms with E-state index in [9.17, 15) is 25.2 Å². The molecule has 2 fully saturated rings. The molecule has 1 heterocycles. The van der Waals surface area contributed by atoms with Crippen molar-refractivity contribution < 1.29 is 30.0 Å². The summed E-state index contributed by atoms with van der Waals surface area (Å²) in [6.07, 6.45) is 9.54. The minimum absolute atomic E-state index is 0.0236. The van der Waals surface area contributed by atoms with Crippen molar-refractivity contribution >= 4 is 5.78 Å². The van der Waals surface area contributed by atoms with Crippen LogP contribution in [0, 0.1) is 29.1 Å². The summed E-state index contributed by atoms with van der Waals surface area (Å²) in [4.78, 5) is 13.8. The van der Waals surface area contributed by atoms with Gasteiger partial charge in [0, 0.05) is 30.8 Å². The van der Waals surface area contributed by atoms with E-state index >= 15 is 0 Å². The zero-order valence-corrected chi connectivity index (χ0v) is 29.5. The first-order valence-electron chi connectivity index (χ1n) is 17.6. The fourth-order valence-corrected chi connectivity index (χ4v) is 8.16. The average Bonchev–Trinajstić information content (AvgIpc) is 3.41. The summed E-state index contributed by atoms with van der Waals surface area (Å²) in [7, 11) is 0. The van der Waals surface area contributed by atoms with Crippen LogP contribution in [0.4, 0.5) is 0 Å². The van der Waals surface area contributed by atoms with Crippen molar-refractivity contribution in [2.45, 2.75) is 103 Å². The number of nitrogens with two attached hydrogens (primary N) is 2. The van der Waals surface area contributed by atoms with Gasteiger partial charge in [-0.15, -0.1) is 0 Å². The second-order valence-electron chi connectivity index (χ2n) is 14.3. The van der Waals surface area contributed by atoms with Crippen molar-refractivity contribution in [1.82, 2.24) is 0 Å². The highest BCUT2D eigenvalue weighted by molar-refractivity contribution is 5.97. The molecule has 1 aromatic rings. The Balaban J connectivity index is 1.69. The first-order chi connectivity index (χ1) is 23.3. The first kappa shape index (κ1) is 38.7. The van der Waals surface area contributed by atoms with E-state index in [1.165, 1.54) is 0 Å². The molecule has 0 saturated heterocycles. The third kappa shape index (κ3) is 8.97. The quantitative estimate of drug-likeness (QED) is 0.0987. The van der Waals surface area contributed by atoms with Crippen molar-refractivity contribution in [3.05, 3.63) is 94.1 Å². The van der Waals surface area contributed by atoms with Gasteiger partial charge < -0.3 is 36.6 Å². The highest BCUT2D eigenvalue weighted by Gasteiger charge is 2.64. The largest absolute Gasteiger partial charge is 0.396 e. The number of rotatable bonds is 8. The number of Topliss-reactive ketones (excluding diaryl/α,β-unsaturated/α-hetero) is 1. The van der Waals surface area contributed by atoms with Gasteiger partial charge in [-0.3, -0.25) is 4.79 Å². The number of aliphatic hydroxyl groups excluding tert-OH is 3. The van der Waals surface area contributed by atoms with Gasteiger partial charge in [-0.05, 0) is 99.5 Å². The standard InChI is InChI=1S/C41H56N2O6/c1-27-10-5-6-23-49-26-32(14-7-11-28(2)36(45)17-16-27)34-19-21-41(38(34)47)35(15-9-22-44)33(18-20-40(41,4)48)29(3)37(46)25-30-12-8-13-31(24-30)39(42)43/h7-8,11-14,16,24,34-36,38-39,44-45,47-48H,2,9-10,15,17-23,25-26,42-43H2,1,3-4H3/b11-7+,27-16-,32-14+,33-29+/t34-,35-,36+,38-,40-,41-/m1/s1. The minimum atomic E-state index is -1.22. The molecule has 4 rings (SSSR count). The van der Waals surface area contributed by atoms with Gasteiger partial charge in [-0.25, -0.2) is 0 Å². The summed E-state index contributed by atoms with van der Waals surface area (Å²) < 4.78 is 6.01. The molecule has 1 aliphatic heterocycles. The van der Waals surface area contributed by atoms with Crippen LogP contribution in [0.1, 0.15) is 89.4 Å². The second kappa shape index (κ2) is 17.2. The van der Waals surface area contributed by atoms with E-state index in [0.717, 1.165) is 27.8 Å². The molecular formula is C41H56N2O6. The molecule has 49 heavy (non-hydrogen) atoms. The fourth-order valence-electron chi connectivity index (χ4n) is 8.16. The van der Waals surface area contributed by atoms with Crippen molar-refractivity contribution in [2.24, 2.45) is 28.7 Å². The molecule has 8 nitrogen and oxygen atoms in total. The van der Waals surface area contributed by atoms with Crippen molar-refractivity contribution in [1.29, 1.82) is 0 Å². The topological polar surface area (TPSA) is 159 Å². The minimum Gasteiger partial charge on any atom is -0.396 e. The maximum atomic E-state index is 13.8. The Hall–Kier alpha value is -3.13. The van der Waals surface area contributed by atoms with Crippen molar-refractivity contribution in [3.8, 4) is 11.8 Å². The Morgan fingerprint density at radius 3 is 2.71 bits per heavy atom. The lowest BCUT2D eigenvalue weighted by Crippen LogP contribution is -2.59. The maximum Gasteiger partial charge on any atom is 0.162 e. The highest BCUT2D eigenvalue weighted by Crippen LogP contribution is 2.63. The summed E-state index contributed by atoms with van der Waals surface area (Å²) in [5.74, 6) is 5.53. The predicted molar refractivity (Wildman–Crippen MR) is 194 cm³/mol. The van der Waals surface area contributed by atoms with Gasteiger partial charge in [0.2, 0.25) is 0 Å². The maximum absolute atomic E-state index is 13.8. The van der Waals surface area contributed by atoms with Crippen LogP contribution < -0.4 is 11.5 Å². The lowest BCUT2D eigenvalue weighted by molar-refractivity contribution is -0.167. The van der Waals surface area contributed by atoms with Crippen LogP contribution in [0.3, 0.4) is 0 Å². The fraction of sp³-hybridized carbons (Fsp3) is 0.537. The number of allylic oxidation sites excluding steroid dienone is 5. The van der Waals surface area contributed by atoms with Crippen molar-refractivity contribution in [3.63, 3.8) is 0 Å². The van der Waals surface area contributed by atoms with Crippen LogP contribution >= 0.6 is 0 Å². The number of carbonyl (C=O) groups is 1. The molecule has 0 radical (unpaired) electrons. The zero-order chi connectivity index (χ0) is 35.8. The molecule has 6 atom stereocenters. The van der Waals surface area contributed by atoms with Crippen LogP contribution in [0.15, 0.2) is 83.0 Å². The van der Waals surface area contributed by atoms with E-state index in [-0.39, 0.29) is 43.9 Å². The SMILES string of the molecule is C=C1/C=C/C=C(/[C@H]2CC[C@@]3([C@H](CCCO)/C(=C(\C)C(=O)Cc4cccc(C(N)N)c4)CC[C@@]3(C)O)[C@@H]2O)COCC#CC/C(C)=C\C[C@@H]1O. The number of ketones is 1. The Kier molecular flexibility index (Phi) is 13.6. The molecule has 2 aliphatic carbocycles. The van der Waals surface area contributed by atoms with E-state index in [4.69, 9.17) is 16.2 Å². The van der Waals surface area contributed by atoms with Crippen LogP contribution in [0.2, 0.25) is 0 Å². The Morgan fingerprint density at radius 1 is 1.20 bits per heavy atom. The number of aliphatic hydroxyl groups is 4. The van der Waals surface area contributed by atoms with Gasteiger partial charge in [0.15, 0.2) is 5.78 Å². The molecule has 0 amide bonds. The summed E-state index contributed by atoms with van der Waals surface area (Å²) in [5.41, 5.74) is 15.3. The summed E-state index contributed by atoms with van der Waals surface area (Å²) in [5, 5.41) is 45.2. The number of hydrogen-bond acceptors (Lipinski definition) is 8. The zero-order valence-electron chi connectivity index (χ0n) is 29.5. The molecular weight excluding hydrogens is 616 g/mol. The Morgan fingerprint density at radius 2 is 1.98 bits per heavy atom. The predicted octanol–water partition coefficient (Wildman–Crippen LogP) is 4.88. The number of ether oxygens (including phenoxy) is 1. The first-order valence-corrected chi connectivity index (χ1v) is 17.6. The van der Waals surface area contributed by atoms with E-state index in [2.05, 4.69) is 18.4 Å². The second-order valence-corrected chi connectivity index (χ2v) is 14.3. The van der Waals surface area contributed by atoms with Gasteiger partial charge in [0.1, 0.15) is 6.61 Å². The summed E-state index contributed by atoms with van der Waals surface area (Å²) >= 11 is 0. The highest BCUT2D eigenvalue weighted by atomic mass is 16.5. The van der Waals surface area contributed by atoms with Gasteiger partial charge >= 0.3 is 0 Å². The monoisotopic (exact) mass is 672 g/mol. The molecule has 0 aromatic heterocycles. The molecule has 0 unspecified atom stereocenters. The molecule has 3 aliphatic rings. The van der Waals surface area contributed by atoms with E-state index in [1.807, 2.05) is 63.3 Å².